The Morgan fingerprint density at radius 2 is 1.76 bits per heavy atom. The molecule has 174 valence electrons. The first kappa shape index (κ1) is 22.5. The van der Waals surface area contributed by atoms with Gasteiger partial charge in [0, 0.05) is 51.3 Å². The van der Waals surface area contributed by atoms with Gasteiger partial charge in [-0.15, -0.1) is 0 Å². The van der Waals surface area contributed by atoms with Crippen LogP contribution in [0.25, 0.3) is 22.2 Å². The van der Waals surface area contributed by atoms with Gasteiger partial charge in [-0.05, 0) is 41.5 Å². The Labute approximate surface area is 204 Å². The van der Waals surface area contributed by atoms with Crippen molar-refractivity contribution in [1.29, 1.82) is 0 Å². The van der Waals surface area contributed by atoms with Crippen molar-refractivity contribution >= 4 is 28.9 Å². The molecule has 6 nitrogen and oxygen atoms in total. The second-order valence-electron chi connectivity index (χ2n) is 8.92. The molecular formula is C27H29N5OS. The van der Waals surface area contributed by atoms with Crippen molar-refractivity contribution in [3.63, 3.8) is 0 Å². The van der Waals surface area contributed by atoms with Gasteiger partial charge in [-0.2, -0.15) is 5.10 Å². The maximum atomic E-state index is 13.0. The molecule has 1 aliphatic heterocycles. The molecule has 0 atom stereocenters. The molecular weight excluding hydrogens is 442 g/mol. The Bertz CT molecular complexity index is 1360. The normalized spacial score (nSPS) is 14.6. The first-order chi connectivity index (χ1) is 16.6. The summed E-state index contributed by atoms with van der Waals surface area (Å²) in [6.07, 6.45) is 0.413. The number of hydrogen-bond donors (Lipinski definition) is 1. The Morgan fingerprint density at radius 3 is 2.59 bits per heavy atom. The minimum Gasteiger partial charge on any atom is -0.340 e. The van der Waals surface area contributed by atoms with Gasteiger partial charge in [0.2, 0.25) is 5.91 Å². The monoisotopic (exact) mass is 471 g/mol. The SMILES string of the molecule is Cc1cccc(-c2n[nH]c(=S)n2CCC(=O)N2CCN(Cc3cccc4ccccc34)CC2)c1. The number of fused-ring (bicyclic) bond motifs is 1. The zero-order valence-electron chi connectivity index (χ0n) is 19.4. The number of rotatable bonds is 6. The summed E-state index contributed by atoms with van der Waals surface area (Å²) in [4.78, 5) is 17.4. The molecule has 0 saturated carbocycles. The smallest absolute Gasteiger partial charge is 0.224 e. The first-order valence-electron chi connectivity index (χ1n) is 11.8. The molecule has 3 aromatic carbocycles. The molecule has 7 heteroatoms. The number of aromatic amines is 1. The number of hydrogen-bond acceptors (Lipinski definition) is 4. The van der Waals surface area contributed by atoms with Crippen LogP contribution in [0.4, 0.5) is 0 Å². The number of piperazine rings is 1. The second-order valence-corrected chi connectivity index (χ2v) is 9.31. The van der Waals surface area contributed by atoms with Crippen LogP contribution >= 0.6 is 12.2 Å². The molecule has 0 radical (unpaired) electrons. The third-order valence-corrected chi connectivity index (χ3v) is 6.89. The van der Waals surface area contributed by atoms with Crippen LogP contribution in [0.3, 0.4) is 0 Å². The van der Waals surface area contributed by atoms with Gasteiger partial charge in [-0.25, -0.2) is 0 Å². The van der Waals surface area contributed by atoms with Crippen molar-refractivity contribution < 1.29 is 4.79 Å². The van der Waals surface area contributed by atoms with Gasteiger partial charge in [0.15, 0.2) is 10.6 Å². The van der Waals surface area contributed by atoms with Crippen molar-refractivity contribution in [1.82, 2.24) is 24.6 Å². The van der Waals surface area contributed by atoms with Crippen LogP contribution in [0.1, 0.15) is 17.5 Å². The maximum absolute atomic E-state index is 13.0. The number of amides is 1. The summed E-state index contributed by atoms with van der Waals surface area (Å²) < 4.78 is 2.47. The average molecular weight is 472 g/mol. The van der Waals surface area contributed by atoms with Crippen LogP contribution in [0.2, 0.25) is 0 Å². The lowest BCUT2D eigenvalue weighted by Gasteiger charge is -2.35. The zero-order chi connectivity index (χ0) is 23.5. The Morgan fingerprint density at radius 1 is 1.00 bits per heavy atom. The van der Waals surface area contributed by atoms with Crippen LogP contribution in [0, 0.1) is 11.7 Å². The Kier molecular flexibility index (Phi) is 6.56. The molecule has 34 heavy (non-hydrogen) atoms. The topological polar surface area (TPSA) is 57.2 Å². The van der Waals surface area contributed by atoms with Crippen molar-refractivity contribution in [3.05, 3.63) is 82.6 Å². The van der Waals surface area contributed by atoms with Crippen LogP contribution in [-0.2, 0) is 17.9 Å². The number of aryl methyl sites for hydroxylation is 1. The lowest BCUT2D eigenvalue weighted by Crippen LogP contribution is -2.48. The molecule has 2 heterocycles. The van der Waals surface area contributed by atoms with E-state index in [1.165, 1.54) is 16.3 Å². The highest BCUT2D eigenvalue weighted by Gasteiger charge is 2.22. The molecule has 0 bridgehead atoms. The van der Waals surface area contributed by atoms with Crippen LogP contribution in [0.5, 0.6) is 0 Å². The van der Waals surface area contributed by atoms with Crippen molar-refractivity contribution in [2.75, 3.05) is 26.2 Å². The molecule has 1 N–H and O–H groups in total. The highest BCUT2D eigenvalue weighted by molar-refractivity contribution is 7.71. The highest BCUT2D eigenvalue weighted by atomic mass is 32.1. The summed E-state index contributed by atoms with van der Waals surface area (Å²) in [7, 11) is 0. The minimum absolute atomic E-state index is 0.170. The summed E-state index contributed by atoms with van der Waals surface area (Å²) in [5, 5.41) is 9.87. The summed E-state index contributed by atoms with van der Waals surface area (Å²) in [5.74, 6) is 0.949. The fraction of sp³-hybridized carbons (Fsp3) is 0.296. The van der Waals surface area contributed by atoms with Crippen molar-refractivity contribution in [3.8, 4) is 11.4 Å². The maximum Gasteiger partial charge on any atom is 0.224 e. The third kappa shape index (κ3) is 4.81. The number of nitrogens with zero attached hydrogens (tertiary/aromatic N) is 4. The van der Waals surface area contributed by atoms with E-state index in [9.17, 15) is 4.79 Å². The van der Waals surface area contributed by atoms with Crippen LogP contribution in [-0.4, -0.2) is 56.7 Å². The van der Waals surface area contributed by atoms with E-state index in [1.54, 1.807) is 0 Å². The molecule has 0 aliphatic carbocycles. The Hall–Kier alpha value is -3.29. The first-order valence-corrected chi connectivity index (χ1v) is 12.2. The van der Waals surface area contributed by atoms with E-state index in [2.05, 4.69) is 76.6 Å². The van der Waals surface area contributed by atoms with E-state index in [4.69, 9.17) is 12.2 Å². The summed E-state index contributed by atoms with van der Waals surface area (Å²) >= 11 is 5.44. The fourth-order valence-electron chi connectivity index (χ4n) is 4.72. The van der Waals surface area contributed by atoms with Gasteiger partial charge >= 0.3 is 0 Å². The van der Waals surface area contributed by atoms with Crippen LogP contribution < -0.4 is 0 Å². The average Bonchev–Trinajstić information content (AvgIpc) is 3.23. The predicted molar refractivity (Wildman–Crippen MR) is 138 cm³/mol. The van der Waals surface area contributed by atoms with E-state index in [1.807, 2.05) is 21.6 Å². The van der Waals surface area contributed by atoms with Crippen molar-refractivity contribution in [2.45, 2.75) is 26.4 Å². The van der Waals surface area contributed by atoms with Crippen LogP contribution in [0.15, 0.2) is 66.7 Å². The molecule has 1 saturated heterocycles. The number of benzene rings is 3. The summed E-state index contributed by atoms with van der Waals surface area (Å²) in [6, 6.07) is 23.2. The molecule has 1 aromatic heterocycles. The third-order valence-electron chi connectivity index (χ3n) is 6.58. The molecule has 1 amide bonds. The molecule has 0 spiro atoms. The van der Waals surface area contributed by atoms with E-state index in [0.717, 1.165) is 49.7 Å². The molecule has 0 unspecified atom stereocenters. The van der Waals surface area contributed by atoms with Gasteiger partial charge < -0.3 is 4.90 Å². The van der Waals surface area contributed by atoms with Gasteiger partial charge in [0.1, 0.15) is 0 Å². The largest absolute Gasteiger partial charge is 0.340 e. The van der Waals surface area contributed by atoms with Gasteiger partial charge in [0.25, 0.3) is 0 Å². The van der Waals surface area contributed by atoms with E-state index in [0.29, 0.717) is 17.7 Å². The molecule has 4 aromatic rings. The van der Waals surface area contributed by atoms with E-state index >= 15 is 0 Å². The molecule has 1 fully saturated rings. The highest BCUT2D eigenvalue weighted by Crippen LogP contribution is 2.21. The number of nitrogens with one attached hydrogen (secondary N) is 1. The standard InChI is InChI=1S/C27H29N5OS/c1-20-6-4-9-22(18-20)26-28-29-27(34)32(26)13-12-25(33)31-16-14-30(15-17-31)19-23-10-5-8-21-7-2-3-11-24(21)23/h2-11,18H,12-17,19H2,1H3,(H,29,34). The van der Waals surface area contributed by atoms with E-state index < -0.39 is 0 Å². The summed E-state index contributed by atoms with van der Waals surface area (Å²) in [6.45, 7) is 6.76. The second kappa shape index (κ2) is 9.91. The lowest BCUT2D eigenvalue weighted by molar-refractivity contribution is -0.133. The number of H-pyrrole nitrogens is 1. The van der Waals surface area contributed by atoms with E-state index in [-0.39, 0.29) is 5.91 Å². The number of carbonyl (C=O) groups is 1. The number of aromatic nitrogens is 3. The van der Waals surface area contributed by atoms with Gasteiger partial charge in [-0.3, -0.25) is 19.4 Å². The lowest BCUT2D eigenvalue weighted by atomic mass is 10.0. The van der Waals surface area contributed by atoms with Crippen molar-refractivity contribution in [2.24, 2.45) is 0 Å². The Balaban J connectivity index is 1.18. The zero-order valence-corrected chi connectivity index (χ0v) is 20.2. The quantitative estimate of drug-likeness (QED) is 0.410. The molecule has 1 aliphatic rings. The van der Waals surface area contributed by atoms with Gasteiger partial charge in [0.05, 0.1) is 0 Å². The van der Waals surface area contributed by atoms with Gasteiger partial charge in [-0.1, -0.05) is 66.2 Å². The number of carbonyl (C=O) groups excluding carboxylic acids is 1. The molecule has 5 rings (SSSR count). The predicted octanol–water partition coefficient (Wildman–Crippen LogP) is 4.80. The minimum atomic E-state index is 0.170. The summed E-state index contributed by atoms with van der Waals surface area (Å²) in [5.41, 5.74) is 3.51. The fourth-order valence-corrected chi connectivity index (χ4v) is 4.95.